The van der Waals surface area contributed by atoms with E-state index in [1.165, 1.54) is 0 Å². The molecular formula is C20H22Cl2Ti2+2. The van der Waals surface area contributed by atoms with Crippen molar-refractivity contribution in [1.29, 1.82) is 0 Å². The Kier molecular flexibility index (Phi) is 32.0. The van der Waals surface area contributed by atoms with Crippen molar-refractivity contribution >= 4 is 0 Å². The minimum Gasteiger partial charge on any atom is 0 e. The molecule has 0 N–H and O–H groups in total. The summed E-state index contributed by atoms with van der Waals surface area (Å²) in [5.41, 5.74) is 0. The van der Waals surface area contributed by atoms with Gasteiger partial charge >= 0.3 is 35.6 Å². The second-order valence-corrected chi connectivity index (χ2v) is 6.94. The predicted octanol–water partition coefficient (Wildman–Crippen LogP) is 3.55. The first-order valence-corrected chi connectivity index (χ1v) is 11.7. The van der Waals surface area contributed by atoms with E-state index in [1.54, 1.807) is 0 Å². The zero-order chi connectivity index (χ0) is 16.8. The molecule has 0 unspecified atom stereocenters. The van der Waals surface area contributed by atoms with Crippen LogP contribution in [0.25, 0.3) is 0 Å². The molecule has 0 aromatic rings. The van der Waals surface area contributed by atoms with Gasteiger partial charge in [0.25, 0.3) is 0 Å². The van der Waals surface area contributed by atoms with Gasteiger partial charge in [0.05, 0.1) is 0 Å². The van der Waals surface area contributed by atoms with E-state index in [0.717, 1.165) is 0 Å². The molecular weight excluding hydrogens is 407 g/mol. The van der Waals surface area contributed by atoms with Crippen LogP contribution in [0, 0.1) is 147 Å². The van der Waals surface area contributed by atoms with Crippen molar-refractivity contribution in [3.05, 3.63) is 128 Å². The van der Waals surface area contributed by atoms with Gasteiger partial charge in [-0.1, -0.05) is 0 Å². The zero-order valence-electron chi connectivity index (χ0n) is 13.4. The maximum atomic E-state index is 4.33. The van der Waals surface area contributed by atoms with E-state index in [-0.39, 0.29) is 38.7 Å². The van der Waals surface area contributed by atoms with Gasteiger partial charge < -0.3 is 0 Å². The molecule has 0 atom stereocenters. The smallest absolute Gasteiger partial charge is 0 e. The summed E-state index contributed by atoms with van der Waals surface area (Å²) >= 11 is -0.333. The molecule has 0 amide bonds. The van der Waals surface area contributed by atoms with Crippen molar-refractivity contribution in [2.24, 2.45) is 0 Å². The van der Waals surface area contributed by atoms with Gasteiger partial charge in [0.2, 0.25) is 0 Å². The van der Waals surface area contributed by atoms with E-state index in [2.05, 4.69) is 18.6 Å². The van der Waals surface area contributed by atoms with E-state index >= 15 is 0 Å². The van der Waals surface area contributed by atoms with Crippen LogP contribution < -0.4 is 0 Å². The van der Waals surface area contributed by atoms with Crippen LogP contribution in [0.15, 0.2) is 0 Å². The SMILES string of the molecule is [CH]1[CH][CH][CH][CH]1.[CH]1[CH][CH][CH][CH]1.[CH]1[CH][CH][CH][CH]1.[CH]1[CH][CH][CH][CH]1.[ClH+][Ti][ClH+].[Ti]. The second kappa shape index (κ2) is 27.2. The van der Waals surface area contributed by atoms with Crippen molar-refractivity contribution < 1.29 is 57.4 Å². The van der Waals surface area contributed by atoms with Crippen LogP contribution in [-0.2, 0) is 38.7 Å². The minimum absolute atomic E-state index is 0. The topological polar surface area (TPSA) is 0 Å². The van der Waals surface area contributed by atoms with Gasteiger partial charge in [-0.2, -0.15) is 0 Å². The summed E-state index contributed by atoms with van der Waals surface area (Å²) < 4.78 is 0. The van der Waals surface area contributed by atoms with Gasteiger partial charge in [0.1, 0.15) is 0 Å². The molecule has 0 saturated heterocycles. The quantitative estimate of drug-likeness (QED) is 0.517. The molecule has 4 aliphatic rings. The van der Waals surface area contributed by atoms with Crippen LogP contribution >= 0.6 is 0 Å². The van der Waals surface area contributed by atoms with Gasteiger partial charge in [0.15, 0.2) is 0 Å². The third-order valence-electron chi connectivity index (χ3n) is 2.22. The van der Waals surface area contributed by atoms with E-state index in [9.17, 15) is 0 Å². The third kappa shape index (κ3) is 26.2. The summed E-state index contributed by atoms with van der Waals surface area (Å²) in [6, 6.07) is 0. The average molecular weight is 429 g/mol. The Labute approximate surface area is 184 Å². The number of hydrogen-bond donors (Lipinski definition) is 0. The van der Waals surface area contributed by atoms with Crippen molar-refractivity contribution in [1.82, 2.24) is 0 Å². The first kappa shape index (κ1) is 28.2. The van der Waals surface area contributed by atoms with Crippen molar-refractivity contribution in [2.75, 3.05) is 0 Å². The molecule has 4 aliphatic carbocycles. The van der Waals surface area contributed by atoms with Crippen LogP contribution in [0.1, 0.15) is 0 Å². The molecule has 0 aromatic carbocycles. The van der Waals surface area contributed by atoms with E-state index < -0.39 is 0 Å². The fraction of sp³-hybridized carbons (Fsp3) is 0. The van der Waals surface area contributed by atoms with Crippen LogP contribution in [0.3, 0.4) is 0 Å². The molecule has 0 spiro atoms. The van der Waals surface area contributed by atoms with Crippen molar-refractivity contribution in [3.63, 3.8) is 0 Å². The molecule has 4 saturated carbocycles. The number of halogens is 2. The molecule has 0 aromatic heterocycles. The Morgan fingerprint density at radius 1 is 0.292 bits per heavy atom. The van der Waals surface area contributed by atoms with E-state index in [0.29, 0.717) is 0 Å². The zero-order valence-corrected chi connectivity index (χ0v) is 18.1. The molecule has 24 heavy (non-hydrogen) atoms. The summed E-state index contributed by atoms with van der Waals surface area (Å²) in [7, 11) is 8.67. The summed E-state index contributed by atoms with van der Waals surface area (Å²) in [5.74, 6) is 0. The molecule has 4 heteroatoms. The Hall–Kier alpha value is 2.01. The summed E-state index contributed by atoms with van der Waals surface area (Å²) in [4.78, 5) is 0. The normalized spacial score (nSPS) is 20.6. The number of rotatable bonds is 0. The van der Waals surface area contributed by atoms with Gasteiger partial charge in [-0.25, -0.2) is 0 Å². The third-order valence-corrected chi connectivity index (χ3v) is 2.22. The molecule has 0 aliphatic heterocycles. The van der Waals surface area contributed by atoms with Gasteiger partial charge in [0, 0.05) is 21.7 Å². The second-order valence-electron chi connectivity index (χ2n) is 3.93. The fourth-order valence-corrected chi connectivity index (χ4v) is 1.28. The monoisotopic (exact) mass is 428 g/mol. The van der Waals surface area contributed by atoms with Crippen LogP contribution in [0.5, 0.6) is 0 Å². The van der Waals surface area contributed by atoms with Crippen LogP contribution in [-0.4, -0.2) is 0 Å². The molecule has 20 radical (unpaired) electrons. The molecule has 4 rings (SSSR count). The maximum Gasteiger partial charge on any atom is 0 e. The predicted molar refractivity (Wildman–Crippen MR) is 88.8 cm³/mol. The summed E-state index contributed by atoms with van der Waals surface area (Å²) in [5, 5.41) is 0. The van der Waals surface area contributed by atoms with Gasteiger partial charge in [-0.3, -0.25) is 0 Å². The Balaban J connectivity index is 0. The Morgan fingerprint density at radius 2 is 0.333 bits per heavy atom. The standard InChI is InChI=1S/4C5H5.2ClH.2Ti/c4*1-2-4-5-3-1;;;;/h4*1-5H;2*1H;;/q;;;;;;;+2. The van der Waals surface area contributed by atoms with Crippen LogP contribution in [0.2, 0.25) is 0 Å². The van der Waals surface area contributed by atoms with Crippen molar-refractivity contribution in [2.45, 2.75) is 0 Å². The van der Waals surface area contributed by atoms with Gasteiger partial charge in [-0.15, -0.1) is 0 Å². The van der Waals surface area contributed by atoms with E-state index in [1.807, 2.05) is 128 Å². The minimum atomic E-state index is -0.333. The molecule has 0 heterocycles. The maximum absolute atomic E-state index is 4.33. The average Bonchev–Trinajstić information content (AvgIpc) is 3.47. The van der Waals surface area contributed by atoms with Crippen molar-refractivity contribution in [3.8, 4) is 0 Å². The molecule has 0 bridgehead atoms. The first-order chi connectivity index (χ1) is 11.4. The Morgan fingerprint density at radius 3 is 0.375 bits per heavy atom. The van der Waals surface area contributed by atoms with E-state index in [4.69, 9.17) is 0 Å². The van der Waals surface area contributed by atoms with Crippen LogP contribution in [0.4, 0.5) is 0 Å². The summed E-state index contributed by atoms with van der Waals surface area (Å²) in [6.07, 6.45) is 40.0. The Bertz CT molecular complexity index is 118. The molecule has 122 valence electrons. The summed E-state index contributed by atoms with van der Waals surface area (Å²) in [6.45, 7) is 0. The molecule has 4 fully saturated rings. The fourth-order valence-electron chi connectivity index (χ4n) is 1.28. The molecule has 0 nitrogen and oxygen atoms in total. The number of hydrogen-bond acceptors (Lipinski definition) is 0. The first-order valence-electron chi connectivity index (χ1n) is 7.07. The van der Waals surface area contributed by atoms with Gasteiger partial charge in [-0.05, 0) is 128 Å². The largest absolute Gasteiger partial charge is 0 e.